The minimum atomic E-state index is 0.598. The predicted octanol–water partition coefficient (Wildman–Crippen LogP) is 8.07. The minimum Gasteiger partial charge on any atom is -0.456 e. The lowest BCUT2D eigenvalue weighted by molar-refractivity contribution is -0.660. The summed E-state index contributed by atoms with van der Waals surface area (Å²) in [5.41, 5.74) is 8.63. The van der Waals surface area contributed by atoms with E-state index in [0.29, 0.717) is 5.69 Å². The van der Waals surface area contributed by atoms with Gasteiger partial charge in [-0.3, -0.25) is 0 Å². The van der Waals surface area contributed by atoms with E-state index in [1.54, 1.807) is 0 Å². The number of benzene rings is 4. The maximum Gasteiger partial charge on any atom is 0.216 e. The lowest BCUT2D eigenvalue weighted by Gasteiger charge is -2.07. The Labute approximate surface area is 198 Å². The lowest BCUT2D eigenvalue weighted by atomic mass is 9.96. The molecule has 162 valence electrons. The SMILES string of the molecule is [C-]#[N+]c1ccc2c(oc3c(-c4cc(C)cc[n+]4C)c(C)ccc32)c1-c1ccc2ccccc2c1. The topological polar surface area (TPSA) is 21.4 Å². The van der Waals surface area contributed by atoms with Crippen LogP contribution < -0.4 is 4.57 Å². The molecule has 3 heteroatoms. The van der Waals surface area contributed by atoms with Gasteiger partial charge in [0.1, 0.15) is 18.2 Å². The molecule has 3 nitrogen and oxygen atoms in total. The highest BCUT2D eigenvalue weighted by Crippen LogP contribution is 2.44. The lowest BCUT2D eigenvalue weighted by Crippen LogP contribution is -2.30. The zero-order valence-electron chi connectivity index (χ0n) is 19.4. The number of rotatable bonds is 2. The van der Waals surface area contributed by atoms with Crippen LogP contribution in [0.3, 0.4) is 0 Å². The van der Waals surface area contributed by atoms with Crippen LogP contribution in [0.15, 0.2) is 89.5 Å². The number of aromatic nitrogens is 1. The third-order valence-electron chi connectivity index (χ3n) is 6.72. The number of furan rings is 1. The maximum atomic E-state index is 7.85. The summed E-state index contributed by atoms with van der Waals surface area (Å²) in [5, 5.41) is 4.42. The fourth-order valence-electron chi connectivity index (χ4n) is 4.95. The first kappa shape index (κ1) is 20.2. The summed E-state index contributed by atoms with van der Waals surface area (Å²) in [5.74, 6) is 0. The number of hydrogen-bond acceptors (Lipinski definition) is 1. The fraction of sp³-hybridized carbons (Fsp3) is 0.0968. The van der Waals surface area contributed by atoms with Crippen LogP contribution in [0, 0.1) is 20.4 Å². The number of fused-ring (bicyclic) bond motifs is 4. The quantitative estimate of drug-likeness (QED) is 0.197. The van der Waals surface area contributed by atoms with Crippen LogP contribution in [-0.4, -0.2) is 0 Å². The van der Waals surface area contributed by atoms with Crippen molar-refractivity contribution in [2.45, 2.75) is 13.8 Å². The van der Waals surface area contributed by atoms with Gasteiger partial charge >= 0.3 is 0 Å². The summed E-state index contributed by atoms with van der Waals surface area (Å²) in [4.78, 5) is 3.86. The summed E-state index contributed by atoms with van der Waals surface area (Å²) < 4.78 is 8.83. The third kappa shape index (κ3) is 3.00. The molecule has 0 fully saturated rings. The Kier molecular flexibility index (Phi) is 4.50. The first-order chi connectivity index (χ1) is 16.5. The molecule has 0 spiro atoms. The normalized spacial score (nSPS) is 11.4. The van der Waals surface area contributed by atoms with Crippen LogP contribution in [0.4, 0.5) is 5.69 Å². The van der Waals surface area contributed by atoms with E-state index in [9.17, 15) is 0 Å². The molecule has 0 aliphatic heterocycles. The van der Waals surface area contributed by atoms with Gasteiger partial charge in [-0.2, -0.15) is 0 Å². The van der Waals surface area contributed by atoms with E-state index in [0.717, 1.165) is 55.3 Å². The average Bonchev–Trinajstić information content (AvgIpc) is 3.23. The Balaban J connectivity index is 1.72. The van der Waals surface area contributed by atoms with E-state index in [2.05, 4.69) is 91.1 Å². The second kappa shape index (κ2) is 7.57. The van der Waals surface area contributed by atoms with E-state index in [1.165, 1.54) is 10.9 Å². The second-order valence-electron chi connectivity index (χ2n) is 8.95. The molecule has 6 rings (SSSR count). The molecule has 0 radical (unpaired) electrons. The molecule has 4 aromatic carbocycles. The van der Waals surface area contributed by atoms with Crippen LogP contribution in [-0.2, 0) is 7.05 Å². The number of aryl methyl sites for hydroxylation is 3. The van der Waals surface area contributed by atoms with E-state index >= 15 is 0 Å². The molecule has 0 N–H and O–H groups in total. The fourth-order valence-corrected chi connectivity index (χ4v) is 4.95. The summed E-state index contributed by atoms with van der Waals surface area (Å²) in [6.07, 6.45) is 2.09. The second-order valence-corrected chi connectivity index (χ2v) is 8.95. The molecule has 34 heavy (non-hydrogen) atoms. The van der Waals surface area contributed by atoms with Gasteiger partial charge in [0.25, 0.3) is 0 Å². The molecule has 0 saturated carbocycles. The van der Waals surface area contributed by atoms with Crippen molar-refractivity contribution in [1.29, 1.82) is 0 Å². The Morgan fingerprint density at radius 1 is 0.765 bits per heavy atom. The summed E-state index contributed by atoms with van der Waals surface area (Å²) >= 11 is 0. The van der Waals surface area contributed by atoms with E-state index in [4.69, 9.17) is 11.0 Å². The van der Waals surface area contributed by atoms with E-state index in [-0.39, 0.29) is 0 Å². The minimum absolute atomic E-state index is 0.598. The highest BCUT2D eigenvalue weighted by atomic mass is 16.3. The maximum absolute atomic E-state index is 7.85. The Bertz CT molecular complexity index is 1800. The first-order valence-electron chi connectivity index (χ1n) is 11.4. The zero-order valence-corrected chi connectivity index (χ0v) is 19.4. The van der Waals surface area contributed by atoms with Gasteiger partial charge in [0.15, 0.2) is 11.9 Å². The molecule has 6 aromatic rings. The van der Waals surface area contributed by atoms with E-state index in [1.807, 2.05) is 24.3 Å². The molecule has 0 atom stereocenters. The highest BCUT2D eigenvalue weighted by molar-refractivity contribution is 6.15. The molecule has 0 amide bonds. The molecule has 2 aromatic heterocycles. The number of nitrogens with zero attached hydrogens (tertiary/aromatic N) is 2. The van der Waals surface area contributed by atoms with Crippen molar-refractivity contribution in [3.8, 4) is 22.4 Å². The van der Waals surface area contributed by atoms with Crippen molar-refractivity contribution in [1.82, 2.24) is 0 Å². The van der Waals surface area contributed by atoms with Gasteiger partial charge < -0.3 is 4.42 Å². The zero-order chi connectivity index (χ0) is 23.4. The van der Waals surface area contributed by atoms with Crippen molar-refractivity contribution >= 4 is 38.4 Å². The monoisotopic (exact) mass is 439 g/mol. The third-order valence-corrected chi connectivity index (χ3v) is 6.72. The van der Waals surface area contributed by atoms with Gasteiger partial charge in [0.05, 0.1) is 12.1 Å². The molecular formula is C31H23N2O+. The smallest absolute Gasteiger partial charge is 0.216 e. The van der Waals surface area contributed by atoms with Crippen molar-refractivity contribution in [3.63, 3.8) is 0 Å². The molecule has 0 aliphatic rings. The van der Waals surface area contributed by atoms with Crippen molar-refractivity contribution in [2.24, 2.45) is 7.05 Å². The number of pyridine rings is 1. The van der Waals surface area contributed by atoms with Crippen molar-refractivity contribution < 1.29 is 8.98 Å². The van der Waals surface area contributed by atoms with Crippen LogP contribution >= 0.6 is 0 Å². The van der Waals surface area contributed by atoms with Gasteiger partial charge in [-0.05, 0) is 47.4 Å². The van der Waals surface area contributed by atoms with Gasteiger partial charge in [0, 0.05) is 28.5 Å². The van der Waals surface area contributed by atoms with Crippen LogP contribution in [0.25, 0.3) is 59.9 Å². The molecule has 0 bridgehead atoms. The Morgan fingerprint density at radius 2 is 1.50 bits per heavy atom. The summed E-state index contributed by atoms with van der Waals surface area (Å²) in [6, 6.07) is 27.2. The molecule has 0 saturated heterocycles. The standard InChI is InChI=1S/C31H23N2O/c1-19-15-16-33(4)27(17-19)28-20(2)9-12-24-25-13-14-26(32-3)29(31(25)34-30(24)28)23-11-10-21-7-5-6-8-22(21)18-23/h5-18H,1-2,4H3/q+1. The van der Waals surface area contributed by atoms with Crippen molar-refractivity contribution in [3.05, 3.63) is 108 Å². The van der Waals surface area contributed by atoms with Gasteiger partial charge in [-0.1, -0.05) is 60.7 Å². The van der Waals surface area contributed by atoms with Crippen LogP contribution in [0.1, 0.15) is 11.1 Å². The molecule has 0 unspecified atom stereocenters. The Morgan fingerprint density at radius 3 is 2.29 bits per heavy atom. The molecule has 2 heterocycles. The van der Waals surface area contributed by atoms with Crippen LogP contribution in [0.5, 0.6) is 0 Å². The summed E-state index contributed by atoms with van der Waals surface area (Å²) in [6.45, 7) is 12.1. The van der Waals surface area contributed by atoms with E-state index < -0.39 is 0 Å². The van der Waals surface area contributed by atoms with Gasteiger partial charge in [0.2, 0.25) is 5.69 Å². The molecule has 0 aliphatic carbocycles. The van der Waals surface area contributed by atoms with Gasteiger partial charge in [-0.25, -0.2) is 9.41 Å². The van der Waals surface area contributed by atoms with Gasteiger partial charge in [-0.15, -0.1) is 0 Å². The molecular weight excluding hydrogens is 416 g/mol. The number of hydrogen-bond donors (Lipinski definition) is 0. The van der Waals surface area contributed by atoms with Crippen molar-refractivity contribution in [2.75, 3.05) is 0 Å². The largest absolute Gasteiger partial charge is 0.456 e. The Hall–Kier alpha value is -4.42. The highest BCUT2D eigenvalue weighted by Gasteiger charge is 2.23. The average molecular weight is 440 g/mol. The first-order valence-corrected chi connectivity index (χ1v) is 11.4. The predicted molar refractivity (Wildman–Crippen MR) is 139 cm³/mol. The summed E-state index contributed by atoms with van der Waals surface area (Å²) in [7, 11) is 2.06. The van der Waals surface area contributed by atoms with Crippen LogP contribution in [0.2, 0.25) is 0 Å².